The molecular formula is C24H29NOSi. The van der Waals surface area contributed by atoms with Gasteiger partial charge in [0, 0.05) is 6.07 Å². The normalized spacial score (nSPS) is 12.2. The highest BCUT2D eigenvalue weighted by molar-refractivity contribution is 6.90. The van der Waals surface area contributed by atoms with Gasteiger partial charge in [0.25, 0.3) is 0 Å². The maximum atomic E-state index is 12.6. The van der Waals surface area contributed by atoms with Crippen molar-refractivity contribution in [1.29, 1.82) is 0 Å². The molecule has 27 heavy (non-hydrogen) atoms. The van der Waals surface area contributed by atoms with Gasteiger partial charge in [0.2, 0.25) is 5.52 Å². The molecule has 1 heterocycles. The zero-order chi connectivity index (χ0) is 19.8. The second-order valence-electron chi connectivity index (χ2n) is 8.39. The molecule has 0 amide bonds. The van der Waals surface area contributed by atoms with Gasteiger partial charge in [0.15, 0.2) is 6.20 Å². The van der Waals surface area contributed by atoms with Gasteiger partial charge >= 0.3 is 0 Å². The van der Waals surface area contributed by atoms with E-state index < -0.39 is 8.07 Å². The molecule has 0 saturated heterocycles. The molecule has 3 rings (SSSR count). The number of pyridine rings is 1. The molecule has 3 aromatic rings. The third kappa shape index (κ3) is 3.23. The van der Waals surface area contributed by atoms with Crippen LogP contribution in [-0.4, -0.2) is 8.07 Å². The molecule has 0 aliphatic heterocycles. The smallest absolute Gasteiger partial charge is 0.240 e. The molecule has 0 fully saturated rings. The van der Waals surface area contributed by atoms with Gasteiger partial charge in [0.05, 0.1) is 10.9 Å². The van der Waals surface area contributed by atoms with Crippen LogP contribution in [0.15, 0.2) is 48.7 Å². The lowest BCUT2D eigenvalue weighted by Gasteiger charge is -2.38. The van der Waals surface area contributed by atoms with Crippen LogP contribution in [0.3, 0.4) is 0 Å². The average molecular weight is 376 g/mol. The summed E-state index contributed by atoms with van der Waals surface area (Å²) >= 11 is 0. The Balaban J connectivity index is 2.34. The number of hydrogen-bond donors (Lipinski definition) is 0. The summed E-state index contributed by atoms with van der Waals surface area (Å²) in [6.07, 6.45) is 1.57. The van der Waals surface area contributed by atoms with Gasteiger partial charge in [-0.3, -0.25) is 0 Å². The first kappa shape index (κ1) is 19.4. The zero-order valence-electron chi connectivity index (χ0n) is 17.2. The molecule has 2 nitrogen and oxygen atoms in total. The molecule has 0 spiro atoms. The Hall–Kier alpha value is -2.31. The van der Waals surface area contributed by atoms with Gasteiger partial charge in [-0.1, -0.05) is 71.7 Å². The van der Waals surface area contributed by atoms with Crippen molar-refractivity contribution in [3.63, 3.8) is 0 Å². The van der Waals surface area contributed by atoms with Crippen molar-refractivity contribution in [2.75, 3.05) is 0 Å². The van der Waals surface area contributed by atoms with Crippen molar-refractivity contribution in [3.8, 4) is 11.5 Å². The third-order valence-electron chi connectivity index (χ3n) is 6.05. The van der Waals surface area contributed by atoms with Gasteiger partial charge < -0.3 is 5.21 Å². The molecule has 140 valence electrons. The van der Waals surface area contributed by atoms with E-state index in [1.165, 1.54) is 0 Å². The molecule has 0 unspecified atom stereocenters. The molecule has 2 aromatic carbocycles. The topological polar surface area (TPSA) is 26.9 Å². The van der Waals surface area contributed by atoms with E-state index in [1.807, 2.05) is 24.3 Å². The van der Waals surface area contributed by atoms with Crippen molar-refractivity contribution in [3.05, 3.63) is 59.4 Å². The van der Waals surface area contributed by atoms with Gasteiger partial charge in [-0.25, -0.2) is 0 Å². The van der Waals surface area contributed by atoms with Crippen LogP contribution in [0.2, 0.25) is 16.6 Å². The maximum absolute atomic E-state index is 12.6. The molecule has 0 atom stereocenters. The number of rotatable bonds is 3. The van der Waals surface area contributed by atoms with Crippen LogP contribution in [0.4, 0.5) is 0 Å². The highest BCUT2D eigenvalue weighted by atomic mass is 28.3. The van der Waals surface area contributed by atoms with E-state index in [-0.39, 0.29) is 0 Å². The van der Waals surface area contributed by atoms with E-state index in [2.05, 4.69) is 71.2 Å². The molecule has 0 radical (unpaired) electrons. The first-order valence-electron chi connectivity index (χ1n) is 9.85. The number of nitrogens with zero attached hydrogens (tertiary/aromatic N) is 1. The van der Waals surface area contributed by atoms with Gasteiger partial charge in [-0.05, 0) is 39.5 Å². The number of benzene rings is 2. The van der Waals surface area contributed by atoms with E-state index in [4.69, 9.17) is 0 Å². The van der Waals surface area contributed by atoms with Crippen molar-refractivity contribution in [2.24, 2.45) is 0 Å². The van der Waals surface area contributed by atoms with Crippen LogP contribution in [0, 0.1) is 16.7 Å². The van der Waals surface area contributed by atoms with Crippen LogP contribution < -0.4 is 4.73 Å². The Bertz CT molecular complexity index is 1020. The summed E-state index contributed by atoms with van der Waals surface area (Å²) in [7, 11) is -1.86. The lowest BCUT2D eigenvalue weighted by atomic mass is 10.0. The SMILES string of the molecule is CC(C)[Si](C#Cc1cc2ccccc2c2ccc[n+]([O-])c12)(C(C)C)C(C)C. The summed E-state index contributed by atoms with van der Waals surface area (Å²) in [4.78, 5) is 0. The van der Waals surface area contributed by atoms with E-state index in [0.717, 1.165) is 26.5 Å². The van der Waals surface area contributed by atoms with Crippen molar-refractivity contribution >= 4 is 29.7 Å². The fourth-order valence-corrected chi connectivity index (χ4v) is 9.98. The van der Waals surface area contributed by atoms with Crippen LogP contribution in [-0.2, 0) is 0 Å². The highest BCUT2D eigenvalue weighted by Gasteiger charge is 2.41. The predicted molar refractivity (Wildman–Crippen MR) is 118 cm³/mol. The monoisotopic (exact) mass is 375 g/mol. The van der Waals surface area contributed by atoms with Crippen molar-refractivity contribution < 1.29 is 4.73 Å². The third-order valence-corrected chi connectivity index (χ3v) is 12.3. The first-order chi connectivity index (χ1) is 12.8. The minimum Gasteiger partial charge on any atom is -0.618 e. The molecule has 3 heteroatoms. The average Bonchev–Trinajstić information content (AvgIpc) is 2.61. The molecular weight excluding hydrogens is 346 g/mol. The van der Waals surface area contributed by atoms with E-state index in [9.17, 15) is 5.21 Å². The Labute approximate surface area is 163 Å². The summed E-state index contributed by atoms with van der Waals surface area (Å²) in [5.41, 5.74) is 6.99. The van der Waals surface area contributed by atoms with E-state index >= 15 is 0 Å². The summed E-state index contributed by atoms with van der Waals surface area (Å²) in [6.45, 7) is 13.9. The maximum Gasteiger partial charge on any atom is 0.240 e. The molecule has 0 saturated carbocycles. The minimum absolute atomic E-state index is 0.566. The second-order valence-corrected chi connectivity index (χ2v) is 14.0. The zero-order valence-corrected chi connectivity index (χ0v) is 18.2. The van der Waals surface area contributed by atoms with Crippen LogP contribution in [0.25, 0.3) is 21.7 Å². The largest absolute Gasteiger partial charge is 0.618 e. The van der Waals surface area contributed by atoms with Crippen molar-refractivity contribution in [2.45, 2.75) is 58.2 Å². The van der Waals surface area contributed by atoms with Gasteiger partial charge in [-0.15, -0.1) is 5.54 Å². The molecule has 0 aliphatic rings. The quantitative estimate of drug-likeness (QED) is 0.176. The predicted octanol–water partition coefficient (Wildman–Crippen LogP) is 6.20. The Morgan fingerprint density at radius 2 is 1.44 bits per heavy atom. The summed E-state index contributed by atoms with van der Waals surface area (Å²) < 4.78 is 0.967. The standard InChI is InChI=1S/C24H29NOSi/c1-17(2)27(18(3)4,19(5)6)15-13-21-16-20-10-7-8-11-22(20)23-12-9-14-25(26)24(21)23/h7-12,14,16-19H,1-6H3. The van der Waals surface area contributed by atoms with Crippen molar-refractivity contribution in [1.82, 2.24) is 0 Å². The molecule has 1 aromatic heterocycles. The fraction of sp³-hybridized carbons (Fsp3) is 0.375. The minimum atomic E-state index is -1.86. The van der Waals surface area contributed by atoms with E-state index in [1.54, 1.807) is 6.20 Å². The summed E-state index contributed by atoms with van der Waals surface area (Å²) in [5.74, 6) is 3.50. The molecule has 0 N–H and O–H groups in total. The second kappa shape index (κ2) is 7.36. The lowest BCUT2D eigenvalue weighted by molar-refractivity contribution is -0.577. The summed E-state index contributed by atoms with van der Waals surface area (Å²) in [5, 5.41) is 15.8. The Morgan fingerprint density at radius 1 is 0.852 bits per heavy atom. The van der Waals surface area contributed by atoms with Gasteiger partial charge in [0.1, 0.15) is 8.07 Å². The first-order valence-corrected chi connectivity index (χ1v) is 12.1. The number of fused-ring (bicyclic) bond motifs is 3. The van der Waals surface area contributed by atoms with Crippen LogP contribution in [0.1, 0.15) is 47.1 Å². The van der Waals surface area contributed by atoms with E-state index in [0.29, 0.717) is 22.1 Å². The Kier molecular flexibility index (Phi) is 5.30. The molecule has 0 bridgehead atoms. The lowest BCUT2D eigenvalue weighted by Crippen LogP contribution is -2.43. The van der Waals surface area contributed by atoms with Crippen LogP contribution in [0.5, 0.6) is 0 Å². The number of aromatic nitrogens is 1. The Morgan fingerprint density at radius 3 is 2.07 bits per heavy atom. The highest BCUT2D eigenvalue weighted by Crippen LogP contribution is 2.41. The van der Waals surface area contributed by atoms with Gasteiger partial charge in [-0.2, -0.15) is 4.73 Å². The number of hydrogen-bond acceptors (Lipinski definition) is 1. The van der Waals surface area contributed by atoms with Crippen LogP contribution >= 0.6 is 0 Å². The fourth-order valence-electron chi connectivity index (χ4n) is 4.77. The molecule has 0 aliphatic carbocycles. The summed E-state index contributed by atoms with van der Waals surface area (Å²) in [6, 6.07) is 14.1.